The number of carbonyl (C=O) groups is 2. The summed E-state index contributed by atoms with van der Waals surface area (Å²) in [4.78, 5) is 27.7. The molecule has 1 aromatic rings. The van der Waals surface area contributed by atoms with Crippen molar-refractivity contribution >= 4 is 28.5 Å². The van der Waals surface area contributed by atoms with Crippen LogP contribution in [0.2, 0.25) is 0 Å². The highest BCUT2D eigenvalue weighted by molar-refractivity contribution is 8.13. The molecule has 0 saturated carbocycles. The topological polar surface area (TPSA) is 40.6 Å². The molecule has 2 fully saturated rings. The minimum atomic E-state index is 0.128. The summed E-state index contributed by atoms with van der Waals surface area (Å²) in [7, 11) is 0. The summed E-state index contributed by atoms with van der Waals surface area (Å²) in [6.45, 7) is 5.92. The van der Waals surface area contributed by atoms with Crippen molar-refractivity contribution < 1.29 is 9.59 Å². The second-order valence-electron chi connectivity index (χ2n) is 6.84. The predicted octanol–water partition coefficient (Wildman–Crippen LogP) is 2.96. The molecule has 2 aliphatic rings. The first-order chi connectivity index (χ1) is 11.6. The molecule has 0 aromatic heterocycles. The molecule has 2 aliphatic heterocycles. The van der Waals surface area contributed by atoms with Crippen molar-refractivity contribution in [1.82, 2.24) is 4.90 Å². The van der Waals surface area contributed by atoms with Crippen molar-refractivity contribution in [3.63, 3.8) is 0 Å². The fourth-order valence-corrected chi connectivity index (χ4v) is 4.21. The molecule has 0 bridgehead atoms. The summed E-state index contributed by atoms with van der Waals surface area (Å²) >= 11 is 1.33. The average molecular weight is 346 g/mol. The van der Waals surface area contributed by atoms with E-state index in [4.69, 9.17) is 0 Å². The normalized spacial score (nSPS) is 21.6. The van der Waals surface area contributed by atoms with Crippen LogP contribution in [-0.2, 0) is 16.0 Å². The van der Waals surface area contributed by atoms with Crippen LogP contribution in [0, 0.1) is 5.92 Å². The number of rotatable bonds is 6. The third-order valence-electron chi connectivity index (χ3n) is 4.89. The van der Waals surface area contributed by atoms with Gasteiger partial charge in [0.15, 0.2) is 5.12 Å². The van der Waals surface area contributed by atoms with Crippen molar-refractivity contribution in [2.45, 2.75) is 32.6 Å². The minimum Gasteiger partial charge on any atom is -0.312 e. The van der Waals surface area contributed by atoms with Crippen molar-refractivity contribution in [2.24, 2.45) is 5.92 Å². The highest BCUT2D eigenvalue weighted by Crippen LogP contribution is 2.27. The van der Waals surface area contributed by atoms with Crippen LogP contribution in [0.5, 0.6) is 0 Å². The molecule has 1 atom stereocenters. The third kappa shape index (κ3) is 4.61. The minimum absolute atomic E-state index is 0.128. The Labute approximate surface area is 148 Å². The number of hydrogen-bond acceptors (Lipinski definition) is 4. The summed E-state index contributed by atoms with van der Waals surface area (Å²) in [6.07, 6.45) is 4.29. The summed E-state index contributed by atoms with van der Waals surface area (Å²) < 4.78 is 0. The fraction of sp³-hybridized carbons (Fsp3) is 0.579. The zero-order chi connectivity index (χ0) is 16.9. The second-order valence-corrected chi connectivity index (χ2v) is 8.04. The van der Waals surface area contributed by atoms with Crippen molar-refractivity contribution in [3.8, 4) is 0 Å². The fourth-order valence-electron chi connectivity index (χ4n) is 3.51. The van der Waals surface area contributed by atoms with E-state index in [0.717, 1.165) is 31.0 Å². The monoisotopic (exact) mass is 346 g/mol. The van der Waals surface area contributed by atoms with Gasteiger partial charge < -0.3 is 9.80 Å². The lowest BCUT2D eigenvalue weighted by Crippen LogP contribution is -2.25. The Balaban J connectivity index is 1.52. The molecule has 2 saturated heterocycles. The summed E-state index contributed by atoms with van der Waals surface area (Å²) in [5.41, 5.74) is 2.32. The first-order valence-corrected chi connectivity index (χ1v) is 9.85. The highest BCUT2D eigenvalue weighted by atomic mass is 32.2. The van der Waals surface area contributed by atoms with Crippen molar-refractivity contribution in [2.75, 3.05) is 36.8 Å². The van der Waals surface area contributed by atoms with Crippen LogP contribution in [-0.4, -0.2) is 47.9 Å². The number of hydrogen-bond donors (Lipinski definition) is 0. The van der Waals surface area contributed by atoms with Gasteiger partial charge in [-0.3, -0.25) is 9.59 Å². The van der Waals surface area contributed by atoms with Crippen molar-refractivity contribution in [1.29, 1.82) is 0 Å². The number of amides is 1. The van der Waals surface area contributed by atoms with Gasteiger partial charge in [0.05, 0.1) is 0 Å². The van der Waals surface area contributed by atoms with E-state index in [9.17, 15) is 9.59 Å². The summed E-state index contributed by atoms with van der Waals surface area (Å²) in [5.74, 6) is 1.20. The van der Waals surface area contributed by atoms with Crippen LogP contribution in [0.4, 0.5) is 5.69 Å². The molecule has 1 unspecified atom stereocenters. The molecule has 4 nitrogen and oxygen atoms in total. The zero-order valence-corrected chi connectivity index (χ0v) is 15.2. The summed E-state index contributed by atoms with van der Waals surface area (Å²) in [5, 5.41) is 0.128. The quantitative estimate of drug-likeness (QED) is 0.794. The Kier molecular flexibility index (Phi) is 5.95. The van der Waals surface area contributed by atoms with Crippen LogP contribution in [0.25, 0.3) is 0 Å². The molecule has 0 aliphatic carbocycles. The maximum absolute atomic E-state index is 12.2. The number of benzene rings is 1. The van der Waals surface area contributed by atoms with E-state index in [1.165, 1.54) is 43.3 Å². The Bertz CT molecular complexity index is 582. The SMILES string of the molecule is CC(=O)SCC1CC(=O)N(c2ccc(CCN3CCCC3)cc2)C1. The summed E-state index contributed by atoms with van der Waals surface area (Å²) in [6, 6.07) is 8.43. The van der Waals surface area contributed by atoms with E-state index < -0.39 is 0 Å². The second kappa shape index (κ2) is 8.17. The number of likely N-dealkylation sites (tertiary alicyclic amines) is 1. The lowest BCUT2D eigenvalue weighted by atomic mass is 10.1. The number of nitrogens with zero attached hydrogens (tertiary/aromatic N) is 2. The molecule has 0 N–H and O–H groups in total. The Morgan fingerprint density at radius 1 is 1.21 bits per heavy atom. The molecule has 5 heteroatoms. The van der Waals surface area contributed by atoms with Gasteiger partial charge in [0.1, 0.15) is 0 Å². The van der Waals surface area contributed by atoms with Crippen LogP contribution < -0.4 is 4.90 Å². The molecule has 1 aromatic carbocycles. The Morgan fingerprint density at radius 3 is 2.58 bits per heavy atom. The van der Waals surface area contributed by atoms with Gasteiger partial charge >= 0.3 is 0 Å². The maximum atomic E-state index is 12.2. The molecule has 0 spiro atoms. The van der Waals surface area contributed by atoms with Gasteiger partial charge in [0, 0.05) is 37.9 Å². The van der Waals surface area contributed by atoms with Gasteiger partial charge in [-0.05, 0) is 56.0 Å². The van der Waals surface area contributed by atoms with E-state index in [-0.39, 0.29) is 16.9 Å². The van der Waals surface area contributed by atoms with E-state index in [1.807, 2.05) is 4.90 Å². The Morgan fingerprint density at radius 2 is 1.92 bits per heavy atom. The number of anilines is 1. The molecule has 130 valence electrons. The van der Waals surface area contributed by atoms with Crippen LogP contribution in [0.15, 0.2) is 24.3 Å². The van der Waals surface area contributed by atoms with Gasteiger partial charge in [-0.25, -0.2) is 0 Å². The smallest absolute Gasteiger partial charge is 0.227 e. The van der Waals surface area contributed by atoms with Gasteiger partial charge in [0.25, 0.3) is 0 Å². The molecule has 0 radical (unpaired) electrons. The van der Waals surface area contributed by atoms with E-state index in [1.54, 1.807) is 6.92 Å². The van der Waals surface area contributed by atoms with Gasteiger partial charge in [-0.15, -0.1) is 0 Å². The molecule has 3 rings (SSSR count). The molecular formula is C19H26N2O2S. The average Bonchev–Trinajstić information content (AvgIpc) is 3.21. The van der Waals surface area contributed by atoms with Gasteiger partial charge in [-0.1, -0.05) is 23.9 Å². The van der Waals surface area contributed by atoms with Gasteiger partial charge in [0.2, 0.25) is 5.91 Å². The van der Waals surface area contributed by atoms with Crippen LogP contribution in [0.3, 0.4) is 0 Å². The third-order valence-corrected chi connectivity index (χ3v) is 5.94. The molecular weight excluding hydrogens is 320 g/mol. The van der Waals surface area contributed by atoms with E-state index in [2.05, 4.69) is 29.2 Å². The zero-order valence-electron chi connectivity index (χ0n) is 14.4. The van der Waals surface area contributed by atoms with Crippen LogP contribution in [0.1, 0.15) is 31.7 Å². The van der Waals surface area contributed by atoms with E-state index in [0.29, 0.717) is 6.42 Å². The first-order valence-electron chi connectivity index (χ1n) is 8.87. The lowest BCUT2D eigenvalue weighted by Gasteiger charge is -2.18. The van der Waals surface area contributed by atoms with E-state index >= 15 is 0 Å². The van der Waals surface area contributed by atoms with Crippen LogP contribution >= 0.6 is 11.8 Å². The standard InChI is InChI=1S/C19H26N2O2S/c1-15(22)24-14-17-12-19(23)21(13-17)18-6-4-16(5-7-18)8-11-20-9-2-3-10-20/h4-7,17H,2-3,8-14H2,1H3. The highest BCUT2D eigenvalue weighted by Gasteiger charge is 2.30. The number of carbonyl (C=O) groups excluding carboxylic acids is 2. The first kappa shape index (κ1) is 17.5. The maximum Gasteiger partial charge on any atom is 0.227 e. The largest absolute Gasteiger partial charge is 0.312 e. The number of thioether (sulfide) groups is 1. The molecule has 2 heterocycles. The van der Waals surface area contributed by atoms with Crippen molar-refractivity contribution in [3.05, 3.63) is 29.8 Å². The lowest BCUT2D eigenvalue weighted by molar-refractivity contribution is -0.117. The predicted molar refractivity (Wildman–Crippen MR) is 99.4 cm³/mol. The molecule has 1 amide bonds. The molecule has 24 heavy (non-hydrogen) atoms. The van der Waals surface area contributed by atoms with Gasteiger partial charge in [-0.2, -0.15) is 0 Å². The Hall–Kier alpha value is -1.33.